The largest absolute Gasteiger partial charge is 0.370 e. The molecule has 0 amide bonds. The molecule has 1 aromatic heterocycles. The Balaban J connectivity index is 2.10. The number of nitrogens with one attached hydrogen (secondary N) is 2. The molecular weight excluding hydrogens is 280 g/mol. The molecule has 0 radical (unpaired) electrons. The lowest BCUT2D eigenvalue weighted by Gasteiger charge is -2.29. The Bertz CT molecular complexity index is 450. The molecule has 2 unspecified atom stereocenters. The lowest BCUT2D eigenvalue weighted by atomic mass is 9.95. The average molecular weight is 308 g/mol. The Hall–Kier alpha value is -0.970. The Kier molecular flexibility index (Phi) is 6.15. The zero-order valence-corrected chi connectivity index (χ0v) is 14.5. The molecule has 1 aliphatic carbocycles. The maximum Gasteiger partial charge on any atom is 0.135 e. The van der Waals surface area contributed by atoms with Crippen molar-refractivity contribution in [2.24, 2.45) is 0 Å². The minimum absolute atomic E-state index is 0.342. The molecule has 0 spiro atoms. The highest BCUT2D eigenvalue weighted by Crippen LogP contribution is 2.29. The van der Waals surface area contributed by atoms with Crippen LogP contribution in [0, 0.1) is 0 Å². The molecule has 0 bridgehead atoms. The van der Waals surface area contributed by atoms with Crippen molar-refractivity contribution < 1.29 is 0 Å². The minimum atomic E-state index is 0.342. The van der Waals surface area contributed by atoms with Gasteiger partial charge in [0.1, 0.15) is 17.5 Å². The molecule has 0 saturated heterocycles. The number of hydrogen-bond donors (Lipinski definition) is 2. The number of aromatic nitrogens is 2. The van der Waals surface area contributed by atoms with E-state index in [1.54, 1.807) is 0 Å². The van der Waals surface area contributed by atoms with E-state index in [1.165, 1.54) is 25.7 Å². The molecule has 2 atom stereocenters. The molecule has 0 aliphatic heterocycles. The molecule has 118 valence electrons. The second kappa shape index (κ2) is 7.87. The first-order valence-electron chi connectivity index (χ1n) is 8.04. The average Bonchev–Trinajstić information content (AvgIpc) is 2.47. The SMILES string of the molecule is CCNc1cc(NC2CCCC(SC)C2)nc(C(C)C)n1. The second-order valence-corrected chi connectivity index (χ2v) is 7.19. The van der Waals surface area contributed by atoms with E-state index in [4.69, 9.17) is 4.98 Å². The third-order valence-corrected chi connectivity index (χ3v) is 5.02. The van der Waals surface area contributed by atoms with Crippen molar-refractivity contribution in [1.29, 1.82) is 0 Å². The predicted molar refractivity (Wildman–Crippen MR) is 93.5 cm³/mol. The molecule has 1 fully saturated rings. The molecule has 21 heavy (non-hydrogen) atoms. The molecule has 2 N–H and O–H groups in total. The number of thioether (sulfide) groups is 1. The zero-order valence-electron chi connectivity index (χ0n) is 13.6. The van der Waals surface area contributed by atoms with Crippen molar-refractivity contribution in [3.8, 4) is 0 Å². The molecule has 1 aliphatic rings. The summed E-state index contributed by atoms with van der Waals surface area (Å²) in [6, 6.07) is 2.58. The van der Waals surface area contributed by atoms with Gasteiger partial charge in [0.15, 0.2) is 0 Å². The van der Waals surface area contributed by atoms with Crippen LogP contribution in [0.25, 0.3) is 0 Å². The van der Waals surface area contributed by atoms with E-state index in [0.717, 1.165) is 29.3 Å². The van der Waals surface area contributed by atoms with Gasteiger partial charge in [-0.1, -0.05) is 20.3 Å². The highest BCUT2D eigenvalue weighted by molar-refractivity contribution is 7.99. The van der Waals surface area contributed by atoms with Crippen LogP contribution in [0.5, 0.6) is 0 Å². The Morgan fingerprint density at radius 2 is 2.05 bits per heavy atom. The van der Waals surface area contributed by atoms with Gasteiger partial charge in [-0.25, -0.2) is 9.97 Å². The van der Waals surface area contributed by atoms with Crippen LogP contribution >= 0.6 is 11.8 Å². The maximum absolute atomic E-state index is 4.69. The zero-order chi connectivity index (χ0) is 15.2. The molecule has 0 aromatic carbocycles. The molecule has 1 aromatic rings. The summed E-state index contributed by atoms with van der Waals surface area (Å²) in [5.41, 5.74) is 0. The van der Waals surface area contributed by atoms with E-state index in [2.05, 4.69) is 42.6 Å². The Morgan fingerprint density at radius 3 is 2.71 bits per heavy atom. The third kappa shape index (κ3) is 4.77. The summed E-state index contributed by atoms with van der Waals surface area (Å²) < 4.78 is 0. The van der Waals surface area contributed by atoms with E-state index in [1.807, 2.05) is 17.8 Å². The van der Waals surface area contributed by atoms with Gasteiger partial charge >= 0.3 is 0 Å². The van der Waals surface area contributed by atoms with Crippen LogP contribution < -0.4 is 10.6 Å². The minimum Gasteiger partial charge on any atom is -0.370 e. The number of rotatable bonds is 6. The fourth-order valence-corrected chi connectivity index (χ4v) is 3.60. The number of nitrogens with zero attached hydrogens (tertiary/aromatic N) is 2. The van der Waals surface area contributed by atoms with Gasteiger partial charge in [0.2, 0.25) is 0 Å². The highest BCUT2D eigenvalue weighted by atomic mass is 32.2. The van der Waals surface area contributed by atoms with Gasteiger partial charge in [-0.2, -0.15) is 11.8 Å². The van der Waals surface area contributed by atoms with Gasteiger partial charge in [0.25, 0.3) is 0 Å². The maximum atomic E-state index is 4.69. The van der Waals surface area contributed by atoms with E-state index in [0.29, 0.717) is 12.0 Å². The standard InChI is InChI=1S/C16H28N4S/c1-5-17-14-10-15(20-16(19-14)11(2)3)18-12-7-6-8-13(9-12)21-4/h10-13H,5-9H2,1-4H3,(H2,17,18,19,20). The van der Waals surface area contributed by atoms with Gasteiger partial charge < -0.3 is 10.6 Å². The van der Waals surface area contributed by atoms with Gasteiger partial charge in [-0.3, -0.25) is 0 Å². The second-order valence-electron chi connectivity index (χ2n) is 6.05. The Morgan fingerprint density at radius 1 is 1.29 bits per heavy atom. The summed E-state index contributed by atoms with van der Waals surface area (Å²) in [7, 11) is 0. The van der Waals surface area contributed by atoms with Gasteiger partial charge in [-0.05, 0) is 32.4 Å². The molecule has 4 nitrogen and oxygen atoms in total. The number of anilines is 2. The fraction of sp³-hybridized carbons (Fsp3) is 0.750. The molecular formula is C16H28N4S. The van der Waals surface area contributed by atoms with E-state index in [9.17, 15) is 0 Å². The summed E-state index contributed by atoms with van der Waals surface area (Å²) in [5, 5.41) is 7.73. The van der Waals surface area contributed by atoms with Crippen LogP contribution in [0.15, 0.2) is 6.07 Å². The van der Waals surface area contributed by atoms with Crippen molar-refractivity contribution >= 4 is 23.4 Å². The topological polar surface area (TPSA) is 49.8 Å². The molecule has 2 rings (SSSR count). The molecule has 1 heterocycles. The van der Waals surface area contributed by atoms with Crippen LogP contribution in [0.2, 0.25) is 0 Å². The summed E-state index contributed by atoms with van der Waals surface area (Å²) in [5.74, 6) is 3.15. The van der Waals surface area contributed by atoms with Crippen LogP contribution in [-0.4, -0.2) is 34.1 Å². The van der Waals surface area contributed by atoms with Crippen molar-refractivity contribution in [3.05, 3.63) is 11.9 Å². The smallest absolute Gasteiger partial charge is 0.135 e. The molecule has 1 saturated carbocycles. The monoisotopic (exact) mass is 308 g/mol. The summed E-state index contributed by atoms with van der Waals surface area (Å²) >= 11 is 1.99. The van der Waals surface area contributed by atoms with Gasteiger partial charge in [-0.15, -0.1) is 0 Å². The van der Waals surface area contributed by atoms with E-state index < -0.39 is 0 Å². The lowest BCUT2D eigenvalue weighted by molar-refractivity contribution is 0.472. The number of hydrogen-bond acceptors (Lipinski definition) is 5. The van der Waals surface area contributed by atoms with Crippen LogP contribution in [0.1, 0.15) is 58.2 Å². The Labute approximate surface area is 132 Å². The first-order valence-corrected chi connectivity index (χ1v) is 9.33. The first-order chi connectivity index (χ1) is 10.1. The van der Waals surface area contributed by atoms with Crippen LogP contribution in [0.4, 0.5) is 11.6 Å². The quantitative estimate of drug-likeness (QED) is 0.828. The third-order valence-electron chi connectivity index (χ3n) is 3.93. The van der Waals surface area contributed by atoms with E-state index >= 15 is 0 Å². The van der Waals surface area contributed by atoms with Crippen molar-refractivity contribution in [3.63, 3.8) is 0 Å². The summed E-state index contributed by atoms with van der Waals surface area (Å²) in [4.78, 5) is 9.27. The van der Waals surface area contributed by atoms with E-state index in [-0.39, 0.29) is 0 Å². The van der Waals surface area contributed by atoms with Crippen LogP contribution in [0.3, 0.4) is 0 Å². The summed E-state index contributed by atoms with van der Waals surface area (Å²) in [6.45, 7) is 7.25. The van der Waals surface area contributed by atoms with Gasteiger partial charge in [0, 0.05) is 29.8 Å². The van der Waals surface area contributed by atoms with Crippen molar-refractivity contribution in [2.45, 2.75) is 63.7 Å². The first kappa shape index (κ1) is 16.4. The highest BCUT2D eigenvalue weighted by Gasteiger charge is 2.21. The van der Waals surface area contributed by atoms with Crippen molar-refractivity contribution in [2.75, 3.05) is 23.4 Å². The predicted octanol–water partition coefficient (Wildman–Crippen LogP) is 4.12. The molecule has 5 heteroatoms. The summed E-state index contributed by atoms with van der Waals surface area (Å²) in [6.07, 6.45) is 7.36. The van der Waals surface area contributed by atoms with Crippen LogP contribution in [-0.2, 0) is 0 Å². The van der Waals surface area contributed by atoms with Crippen molar-refractivity contribution in [1.82, 2.24) is 9.97 Å². The fourth-order valence-electron chi connectivity index (χ4n) is 2.77. The normalized spacial score (nSPS) is 22.3. The van der Waals surface area contributed by atoms with Gasteiger partial charge in [0.05, 0.1) is 0 Å². The lowest BCUT2D eigenvalue weighted by Crippen LogP contribution is -2.29.